The molecule has 144 valence electrons. The van der Waals surface area contributed by atoms with Crippen molar-refractivity contribution in [1.82, 2.24) is 20.0 Å². The molecule has 1 N–H and O–H groups in total. The Morgan fingerprint density at radius 1 is 1.22 bits per heavy atom. The lowest BCUT2D eigenvalue weighted by Crippen LogP contribution is -2.35. The number of hydrogen-bond acceptors (Lipinski definition) is 3. The highest BCUT2D eigenvalue weighted by atomic mass is 16.2. The molecule has 1 aromatic heterocycles. The second kappa shape index (κ2) is 7.94. The van der Waals surface area contributed by atoms with Gasteiger partial charge in [0.1, 0.15) is 0 Å². The number of hydrogen-bond donors (Lipinski definition) is 1. The van der Waals surface area contributed by atoms with Crippen LogP contribution in [0.25, 0.3) is 0 Å². The van der Waals surface area contributed by atoms with E-state index in [1.165, 1.54) is 0 Å². The van der Waals surface area contributed by atoms with E-state index in [0.29, 0.717) is 6.54 Å². The van der Waals surface area contributed by atoms with Gasteiger partial charge in [0.05, 0.1) is 17.7 Å². The van der Waals surface area contributed by atoms with E-state index in [0.717, 1.165) is 35.5 Å². The molecule has 1 fully saturated rings. The predicted octanol–water partition coefficient (Wildman–Crippen LogP) is 2.53. The van der Waals surface area contributed by atoms with Gasteiger partial charge in [-0.25, -0.2) is 0 Å². The molecule has 0 bridgehead atoms. The van der Waals surface area contributed by atoms with Crippen molar-refractivity contribution in [2.45, 2.75) is 46.2 Å². The zero-order valence-corrected chi connectivity index (χ0v) is 16.5. The molecule has 1 aliphatic heterocycles. The maximum absolute atomic E-state index is 12.8. The van der Waals surface area contributed by atoms with Crippen LogP contribution in [0.5, 0.6) is 0 Å². The number of nitrogens with one attached hydrogen (secondary N) is 1. The third-order valence-corrected chi connectivity index (χ3v) is 5.29. The first-order chi connectivity index (χ1) is 12.9. The molecule has 0 saturated carbocycles. The van der Waals surface area contributed by atoms with Crippen LogP contribution in [0.4, 0.5) is 0 Å². The summed E-state index contributed by atoms with van der Waals surface area (Å²) in [5.74, 6) is -0.381. The van der Waals surface area contributed by atoms with Crippen LogP contribution < -0.4 is 5.32 Å². The molecule has 0 aliphatic carbocycles. The lowest BCUT2D eigenvalue weighted by molar-refractivity contribution is -0.128. The molecule has 0 unspecified atom stereocenters. The van der Waals surface area contributed by atoms with Crippen molar-refractivity contribution >= 4 is 11.8 Å². The normalized spacial score (nSPS) is 19.6. The molecule has 2 heterocycles. The number of carbonyl (C=O) groups excluding carboxylic acids is 2. The van der Waals surface area contributed by atoms with E-state index in [1.54, 1.807) is 11.9 Å². The number of carbonyl (C=O) groups is 2. The summed E-state index contributed by atoms with van der Waals surface area (Å²) in [6.07, 6.45) is 1.07. The van der Waals surface area contributed by atoms with E-state index < -0.39 is 0 Å². The fourth-order valence-corrected chi connectivity index (χ4v) is 3.80. The molecule has 6 nitrogen and oxygen atoms in total. The van der Waals surface area contributed by atoms with Gasteiger partial charge in [-0.2, -0.15) is 5.10 Å². The topological polar surface area (TPSA) is 67.2 Å². The van der Waals surface area contributed by atoms with Crippen molar-refractivity contribution in [2.24, 2.45) is 5.92 Å². The van der Waals surface area contributed by atoms with Crippen molar-refractivity contribution in [3.8, 4) is 0 Å². The predicted molar refractivity (Wildman–Crippen MR) is 104 cm³/mol. The molecule has 27 heavy (non-hydrogen) atoms. The Morgan fingerprint density at radius 3 is 2.56 bits per heavy atom. The van der Waals surface area contributed by atoms with E-state index in [4.69, 9.17) is 0 Å². The fraction of sp³-hybridized carbons (Fsp3) is 0.476. The van der Waals surface area contributed by atoms with E-state index >= 15 is 0 Å². The molecule has 6 heteroatoms. The Kier molecular flexibility index (Phi) is 5.63. The molecule has 1 aromatic carbocycles. The minimum absolute atomic E-state index is 0.0170. The Bertz CT molecular complexity index is 825. The summed E-state index contributed by atoms with van der Waals surface area (Å²) >= 11 is 0. The summed E-state index contributed by atoms with van der Waals surface area (Å²) in [7, 11) is 1.78. The van der Waals surface area contributed by atoms with Crippen LogP contribution in [0.1, 0.15) is 41.4 Å². The van der Waals surface area contributed by atoms with Crippen LogP contribution in [0.3, 0.4) is 0 Å². The first-order valence-electron chi connectivity index (χ1n) is 9.48. The number of aromatic nitrogens is 2. The largest absolute Gasteiger partial charge is 0.356 e. The van der Waals surface area contributed by atoms with Crippen molar-refractivity contribution in [2.75, 3.05) is 13.6 Å². The average Bonchev–Trinajstić information content (AvgIpc) is 3.11. The van der Waals surface area contributed by atoms with Crippen molar-refractivity contribution in [3.63, 3.8) is 0 Å². The standard InChI is InChI=1S/C21H28N4O2/c1-14-6-8-17(9-7-14)20-18(13-19(26)24(20)4)21(27)22-10-5-11-25-16(3)12-15(2)23-25/h6-9,12,18,20H,5,10-11,13H2,1-4H3,(H,22,27)/t18-,20-/m0/s1. The van der Waals surface area contributed by atoms with Crippen molar-refractivity contribution < 1.29 is 9.59 Å². The quantitative estimate of drug-likeness (QED) is 0.797. The van der Waals surface area contributed by atoms with E-state index in [2.05, 4.69) is 10.4 Å². The van der Waals surface area contributed by atoms with Gasteiger partial charge in [0.2, 0.25) is 11.8 Å². The smallest absolute Gasteiger partial charge is 0.226 e. The number of benzene rings is 1. The van der Waals surface area contributed by atoms with Gasteiger partial charge in [0, 0.05) is 32.3 Å². The van der Waals surface area contributed by atoms with Crippen LogP contribution in [-0.2, 0) is 16.1 Å². The van der Waals surface area contributed by atoms with Gasteiger partial charge >= 0.3 is 0 Å². The SMILES string of the molecule is Cc1ccc([C@H]2[C@@H](C(=O)NCCCn3nc(C)cc3C)CC(=O)N2C)cc1. The Balaban J connectivity index is 1.59. The Morgan fingerprint density at radius 2 is 1.93 bits per heavy atom. The number of amides is 2. The first kappa shape index (κ1) is 19.1. The van der Waals surface area contributed by atoms with Gasteiger partial charge in [0.15, 0.2) is 0 Å². The van der Waals surface area contributed by atoms with Crippen LogP contribution in [0, 0.1) is 26.7 Å². The zero-order valence-electron chi connectivity index (χ0n) is 16.5. The maximum Gasteiger partial charge on any atom is 0.226 e. The minimum Gasteiger partial charge on any atom is -0.356 e. The summed E-state index contributed by atoms with van der Waals surface area (Å²) in [5, 5.41) is 7.45. The van der Waals surface area contributed by atoms with Crippen LogP contribution >= 0.6 is 0 Å². The van der Waals surface area contributed by atoms with Gasteiger partial charge in [-0.1, -0.05) is 29.8 Å². The van der Waals surface area contributed by atoms with E-state index in [1.807, 2.05) is 55.8 Å². The molecular formula is C21H28N4O2. The highest BCUT2D eigenvalue weighted by molar-refractivity contribution is 5.90. The van der Waals surface area contributed by atoms with Gasteiger partial charge < -0.3 is 10.2 Å². The molecule has 0 radical (unpaired) electrons. The first-order valence-corrected chi connectivity index (χ1v) is 9.48. The summed E-state index contributed by atoms with van der Waals surface area (Å²) in [5.41, 5.74) is 4.30. The monoisotopic (exact) mass is 368 g/mol. The lowest BCUT2D eigenvalue weighted by Gasteiger charge is -2.25. The van der Waals surface area contributed by atoms with Crippen molar-refractivity contribution in [3.05, 3.63) is 52.8 Å². The van der Waals surface area contributed by atoms with E-state index in [-0.39, 0.29) is 30.2 Å². The molecule has 2 atom stereocenters. The molecule has 0 spiro atoms. The highest BCUT2D eigenvalue weighted by Crippen LogP contribution is 2.37. The molecular weight excluding hydrogens is 340 g/mol. The number of rotatable bonds is 6. The second-order valence-electron chi connectivity index (χ2n) is 7.47. The van der Waals surface area contributed by atoms with Crippen LogP contribution in [0.15, 0.2) is 30.3 Å². The fourth-order valence-electron chi connectivity index (χ4n) is 3.80. The second-order valence-corrected chi connectivity index (χ2v) is 7.47. The van der Waals surface area contributed by atoms with Crippen LogP contribution in [-0.4, -0.2) is 40.1 Å². The zero-order chi connectivity index (χ0) is 19.6. The van der Waals surface area contributed by atoms with Gasteiger partial charge in [-0.15, -0.1) is 0 Å². The summed E-state index contributed by atoms with van der Waals surface area (Å²) in [6, 6.07) is 9.92. The maximum atomic E-state index is 12.8. The van der Waals surface area contributed by atoms with Gasteiger partial charge in [-0.3, -0.25) is 14.3 Å². The number of aryl methyl sites for hydroxylation is 4. The lowest BCUT2D eigenvalue weighted by atomic mass is 9.92. The third-order valence-electron chi connectivity index (χ3n) is 5.29. The molecule has 3 rings (SSSR count). The van der Waals surface area contributed by atoms with Gasteiger partial charge in [0.25, 0.3) is 0 Å². The van der Waals surface area contributed by atoms with E-state index in [9.17, 15) is 9.59 Å². The Hall–Kier alpha value is -2.63. The van der Waals surface area contributed by atoms with Crippen LogP contribution in [0.2, 0.25) is 0 Å². The Labute approximate surface area is 160 Å². The highest BCUT2D eigenvalue weighted by Gasteiger charge is 2.42. The molecule has 2 amide bonds. The summed E-state index contributed by atoms with van der Waals surface area (Å²) < 4.78 is 1.96. The molecule has 2 aromatic rings. The average molecular weight is 368 g/mol. The van der Waals surface area contributed by atoms with Gasteiger partial charge in [-0.05, 0) is 38.8 Å². The summed E-state index contributed by atoms with van der Waals surface area (Å²) in [4.78, 5) is 26.7. The third kappa shape index (κ3) is 4.21. The summed E-state index contributed by atoms with van der Waals surface area (Å²) in [6.45, 7) is 7.38. The molecule has 1 aliphatic rings. The number of likely N-dealkylation sites (tertiary alicyclic amines) is 1. The van der Waals surface area contributed by atoms with Crippen molar-refractivity contribution in [1.29, 1.82) is 0 Å². The minimum atomic E-state index is -0.348. The molecule has 1 saturated heterocycles. The number of nitrogens with zero attached hydrogens (tertiary/aromatic N) is 3.